The first-order chi connectivity index (χ1) is 14.0. The van der Waals surface area contributed by atoms with Crippen molar-refractivity contribution >= 4 is 44.2 Å². The largest absolute Gasteiger partial charge is 0.379 e. The second kappa shape index (κ2) is 8.79. The molecule has 2 aromatic heterocycles. The van der Waals surface area contributed by atoms with Crippen LogP contribution >= 0.6 is 22.9 Å². The molecule has 0 N–H and O–H groups in total. The molecule has 29 heavy (non-hydrogen) atoms. The monoisotopic (exact) mass is 433 g/mol. The van der Waals surface area contributed by atoms with E-state index in [0.29, 0.717) is 22.4 Å². The van der Waals surface area contributed by atoms with Crippen LogP contribution in [0.15, 0.2) is 30.5 Å². The highest BCUT2D eigenvalue weighted by Crippen LogP contribution is 2.31. The Hall–Kier alpha value is -2.00. The maximum Gasteiger partial charge on any atom is 0.280 e. The highest BCUT2D eigenvalue weighted by atomic mass is 35.5. The summed E-state index contributed by atoms with van der Waals surface area (Å²) in [4.78, 5) is 22.1. The molecule has 1 saturated heterocycles. The van der Waals surface area contributed by atoms with E-state index in [1.165, 1.54) is 11.3 Å². The summed E-state index contributed by atoms with van der Waals surface area (Å²) in [6, 6.07) is 7.56. The lowest BCUT2D eigenvalue weighted by Gasteiger charge is -2.29. The molecular weight excluding hydrogens is 410 g/mol. The summed E-state index contributed by atoms with van der Waals surface area (Å²) in [5, 5.41) is 5.79. The molecule has 1 aliphatic heterocycles. The van der Waals surface area contributed by atoms with E-state index in [-0.39, 0.29) is 11.9 Å². The fourth-order valence-corrected chi connectivity index (χ4v) is 4.50. The number of carbonyl (C=O) groups excluding carboxylic acids is 1. The average molecular weight is 434 g/mol. The van der Waals surface area contributed by atoms with Gasteiger partial charge in [-0.05, 0) is 38.1 Å². The molecule has 3 heterocycles. The number of ether oxygens (including phenoxy) is 1. The van der Waals surface area contributed by atoms with Crippen molar-refractivity contribution in [2.75, 3.05) is 44.3 Å². The van der Waals surface area contributed by atoms with Crippen LogP contribution in [0, 0.1) is 0 Å². The quantitative estimate of drug-likeness (QED) is 0.593. The normalized spacial score (nSPS) is 15.3. The number of thiazole rings is 1. The van der Waals surface area contributed by atoms with Gasteiger partial charge in [0, 0.05) is 43.4 Å². The minimum atomic E-state index is -0.136. The van der Waals surface area contributed by atoms with Crippen LogP contribution in [0.3, 0.4) is 0 Å². The molecular formula is C20H24ClN5O2S. The minimum absolute atomic E-state index is 0.136. The molecule has 1 amide bonds. The Morgan fingerprint density at radius 1 is 1.31 bits per heavy atom. The van der Waals surface area contributed by atoms with Gasteiger partial charge in [-0.1, -0.05) is 22.9 Å². The minimum Gasteiger partial charge on any atom is -0.379 e. The van der Waals surface area contributed by atoms with Gasteiger partial charge in [0.25, 0.3) is 5.91 Å². The van der Waals surface area contributed by atoms with E-state index in [0.717, 1.165) is 43.1 Å². The lowest BCUT2D eigenvalue weighted by molar-refractivity contribution is 0.0391. The highest BCUT2D eigenvalue weighted by Gasteiger charge is 2.24. The van der Waals surface area contributed by atoms with Gasteiger partial charge < -0.3 is 4.74 Å². The Morgan fingerprint density at radius 3 is 2.83 bits per heavy atom. The first-order valence-electron chi connectivity index (χ1n) is 9.74. The molecule has 154 valence electrons. The molecule has 3 aromatic rings. The molecule has 1 aliphatic rings. The maximum atomic E-state index is 13.3. The summed E-state index contributed by atoms with van der Waals surface area (Å²) < 4.78 is 8.19. The second-order valence-electron chi connectivity index (χ2n) is 7.29. The van der Waals surface area contributed by atoms with Gasteiger partial charge in [0.05, 0.1) is 23.4 Å². The van der Waals surface area contributed by atoms with Crippen molar-refractivity contribution in [1.29, 1.82) is 0 Å². The van der Waals surface area contributed by atoms with Crippen LogP contribution in [0.2, 0.25) is 5.02 Å². The van der Waals surface area contributed by atoms with E-state index < -0.39 is 0 Å². The zero-order valence-corrected chi connectivity index (χ0v) is 18.1. The van der Waals surface area contributed by atoms with E-state index in [2.05, 4.69) is 10.00 Å². The van der Waals surface area contributed by atoms with Gasteiger partial charge in [0.1, 0.15) is 0 Å². The lowest BCUT2D eigenvalue weighted by atomic mass is 10.3. The Morgan fingerprint density at radius 2 is 2.10 bits per heavy atom. The number of fused-ring (bicyclic) bond motifs is 1. The van der Waals surface area contributed by atoms with Gasteiger partial charge in [-0.3, -0.25) is 19.3 Å². The Bertz CT molecular complexity index is 996. The Kier molecular flexibility index (Phi) is 6.15. The number of aromatic nitrogens is 3. The van der Waals surface area contributed by atoms with Crippen LogP contribution in [0.5, 0.6) is 0 Å². The van der Waals surface area contributed by atoms with E-state index >= 15 is 0 Å². The number of rotatable bonds is 6. The zero-order chi connectivity index (χ0) is 20.4. The van der Waals surface area contributed by atoms with Crippen molar-refractivity contribution in [3.8, 4) is 0 Å². The fraction of sp³-hybridized carbons (Fsp3) is 0.450. The van der Waals surface area contributed by atoms with Crippen molar-refractivity contribution in [1.82, 2.24) is 19.7 Å². The molecule has 1 fully saturated rings. The van der Waals surface area contributed by atoms with Gasteiger partial charge in [-0.15, -0.1) is 0 Å². The topological polar surface area (TPSA) is 63.5 Å². The molecule has 0 bridgehead atoms. The second-order valence-corrected chi connectivity index (χ2v) is 8.74. The van der Waals surface area contributed by atoms with Crippen molar-refractivity contribution in [2.45, 2.75) is 19.9 Å². The van der Waals surface area contributed by atoms with Crippen molar-refractivity contribution in [2.24, 2.45) is 0 Å². The van der Waals surface area contributed by atoms with E-state index in [1.807, 2.05) is 38.2 Å². The van der Waals surface area contributed by atoms with E-state index in [1.54, 1.807) is 15.6 Å². The summed E-state index contributed by atoms with van der Waals surface area (Å²) in [5.74, 6) is -0.136. The molecule has 0 atom stereocenters. The van der Waals surface area contributed by atoms with Crippen LogP contribution in [-0.2, 0) is 4.74 Å². The molecule has 1 aromatic carbocycles. The van der Waals surface area contributed by atoms with Gasteiger partial charge in [0.15, 0.2) is 10.8 Å². The van der Waals surface area contributed by atoms with Crippen LogP contribution in [-0.4, -0.2) is 65.0 Å². The first-order valence-corrected chi connectivity index (χ1v) is 10.9. The van der Waals surface area contributed by atoms with Crippen LogP contribution in [0.25, 0.3) is 10.2 Å². The zero-order valence-electron chi connectivity index (χ0n) is 16.5. The van der Waals surface area contributed by atoms with Crippen molar-refractivity contribution < 1.29 is 9.53 Å². The standard InChI is InChI=1S/C20H24ClN5O2S/c1-14(2)26-6-5-17(23-26)19(27)25(8-7-24-9-11-28-12-10-24)20-22-16-4-3-15(21)13-18(16)29-20/h3-6,13-14H,7-12H2,1-2H3. The molecule has 4 rings (SSSR count). The lowest BCUT2D eigenvalue weighted by Crippen LogP contribution is -2.43. The number of halogens is 1. The number of amides is 1. The molecule has 0 spiro atoms. The summed E-state index contributed by atoms with van der Waals surface area (Å²) in [6.45, 7) is 8.58. The van der Waals surface area contributed by atoms with Crippen molar-refractivity contribution in [3.05, 3.63) is 41.2 Å². The molecule has 0 aliphatic carbocycles. The van der Waals surface area contributed by atoms with Gasteiger partial charge in [0.2, 0.25) is 0 Å². The number of carbonyl (C=O) groups is 1. The third-order valence-corrected chi connectivity index (χ3v) is 6.19. The SMILES string of the molecule is CC(C)n1ccc(C(=O)N(CCN2CCOCC2)c2nc3ccc(Cl)cc3s2)n1. The number of anilines is 1. The van der Waals surface area contributed by atoms with Gasteiger partial charge >= 0.3 is 0 Å². The van der Waals surface area contributed by atoms with Crippen LogP contribution < -0.4 is 4.90 Å². The van der Waals surface area contributed by atoms with Crippen molar-refractivity contribution in [3.63, 3.8) is 0 Å². The number of hydrogen-bond donors (Lipinski definition) is 0. The average Bonchev–Trinajstić information content (AvgIpc) is 3.36. The number of morpholine rings is 1. The molecule has 0 saturated carbocycles. The summed E-state index contributed by atoms with van der Waals surface area (Å²) >= 11 is 7.60. The highest BCUT2D eigenvalue weighted by molar-refractivity contribution is 7.22. The summed E-state index contributed by atoms with van der Waals surface area (Å²) in [5.41, 5.74) is 1.27. The molecule has 7 nitrogen and oxygen atoms in total. The molecule has 0 radical (unpaired) electrons. The number of benzene rings is 1. The maximum absolute atomic E-state index is 13.3. The molecule has 9 heteroatoms. The third kappa shape index (κ3) is 4.61. The first kappa shape index (κ1) is 20.3. The van der Waals surface area contributed by atoms with Crippen LogP contribution in [0.1, 0.15) is 30.4 Å². The van der Waals surface area contributed by atoms with E-state index in [4.69, 9.17) is 21.3 Å². The summed E-state index contributed by atoms with van der Waals surface area (Å²) in [6.07, 6.45) is 1.84. The smallest absolute Gasteiger partial charge is 0.280 e. The van der Waals surface area contributed by atoms with Gasteiger partial charge in [-0.2, -0.15) is 5.10 Å². The van der Waals surface area contributed by atoms with Gasteiger partial charge in [-0.25, -0.2) is 4.98 Å². The summed E-state index contributed by atoms with van der Waals surface area (Å²) in [7, 11) is 0. The third-order valence-electron chi connectivity index (χ3n) is 4.92. The van der Waals surface area contributed by atoms with E-state index in [9.17, 15) is 4.79 Å². The Labute approximate surface area is 178 Å². The molecule has 0 unspecified atom stereocenters. The predicted molar refractivity (Wildman–Crippen MR) is 116 cm³/mol. The number of hydrogen-bond acceptors (Lipinski definition) is 6. The fourth-order valence-electron chi connectivity index (χ4n) is 3.23. The predicted octanol–water partition coefficient (Wildman–Crippen LogP) is 3.71. The number of nitrogens with zero attached hydrogens (tertiary/aromatic N) is 5. The Balaban J connectivity index is 1.62. The van der Waals surface area contributed by atoms with Crippen LogP contribution in [0.4, 0.5) is 5.13 Å².